The number of ether oxygens (including phenoxy) is 2. The Balaban J connectivity index is 2.82. The van der Waals surface area contributed by atoms with Crippen LogP contribution in [0.15, 0.2) is 0 Å². The highest BCUT2D eigenvalue weighted by Gasteiger charge is 2.35. The summed E-state index contributed by atoms with van der Waals surface area (Å²) in [6.07, 6.45) is -1.22. The summed E-state index contributed by atoms with van der Waals surface area (Å²) >= 11 is 0. The van der Waals surface area contributed by atoms with Crippen LogP contribution in [0.3, 0.4) is 0 Å². The van der Waals surface area contributed by atoms with E-state index in [1.807, 2.05) is 0 Å². The number of likely N-dealkylation sites (N-methyl/N-ethyl adjacent to an activating group) is 1. The lowest BCUT2D eigenvalue weighted by molar-refractivity contribution is -0.145. The predicted molar refractivity (Wildman–Crippen MR) is 72.6 cm³/mol. The third-order valence-electron chi connectivity index (χ3n) is 2.87. The summed E-state index contributed by atoms with van der Waals surface area (Å²) in [4.78, 5) is 37.7. The Morgan fingerprint density at radius 2 is 2.00 bits per heavy atom. The van der Waals surface area contributed by atoms with Gasteiger partial charge < -0.3 is 19.5 Å². The summed E-state index contributed by atoms with van der Waals surface area (Å²) < 4.78 is 10.2. The number of amides is 2. The van der Waals surface area contributed by atoms with Crippen molar-refractivity contribution < 1.29 is 29.0 Å². The molecule has 21 heavy (non-hydrogen) atoms. The normalized spacial score (nSPS) is 16.5. The second-order valence-corrected chi connectivity index (χ2v) is 5.84. The maximum Gasteiger partial charge on any atom is 0.410 e. The lowest BCUT2D eigenvalue weighted by atomic mass is 10.1. The average molecular weight is 302 g/mol. The molecule has 0 spiro atoms. The standard InChI is InChI=1S/C13H22N2O6/c1-13(2,3)21-12(19)14(4)9(7-10(16)17)11(18)15-5-6-20-8-15/h9H,5-8H2,1-4H3,(H,16,17). The molecule has 8 nitrogen and oxygen atoms in total. The van der Waals surface area contributed by atoms with Gasteiger partial charge in [-0.05, 0) is 20.8 Å². The van der Waals surface area contributed by atoms with Crippen molar-refractivity contribution >= 4 is 18.0 Å². The van der Waals surface area contributed by atoms with E-state index in [-0.39, 0.29) is 6.73 Å². The van der Waals surface area contributed by atoms with Crippen LogP contribution >= 0.6 is 0 Å². The topological polar surface area (TPSA) is 96.4 Å². The zero-order valence-corrected chi connectivity index (χ0v) is 12.8. The van der Waals surface area contributed by atoms with Gasteiger partial charge in [0.05, 0.1) is 13.0 Å². The summed E-state index contributed by atoms with van der Waals surface area (Å²) in [5.74, 6) is -1.62. The Labute approximate surface area is 123 Å². The lowest BCUT2D eigenvalue weighted by Gasteiger charge is -2.31. The van der Waals surface area contributed by atoms with Crippen molar-refractivity contribution in [2.75, 3.05) is 26.9 Å². The zero-order valence-electron chi connectivity index (χ0n) is 12.8. The molecule has 1 aliphatic rings. The maximum atomic E-state index is 12.3. The Morgan fingerprint density at radius 1 is 1.38 bits per heavy atom. The van der Waals surface area contributed by atoms with E-state index in [9.17, 15) is 14.4 Å². The Hall–Kier alpha value is -1.83. The van der Waals surface area contributed by atoms with E-state index in [0.717, 1.165) is 4.90 Å². The van der Waals surface area contributed by atoms with Gasteiger partial charge in [0.25, 0.3) is 0 Å². The van der Waals surface area contributed by atoms with E-state index in [1.54, 1.807) is 20.8 Å². The van der Waals surface area contributed by atoms with Gasteiger partial charge in [-0.15, -0.1) is 0 Å². The van der Waals surface area contributed by atoms with E-state index in [2.05, 4.69) is 0 Å². The predicted octanol–water partition coefficient (Wildman–Crippen LogP) is 0.513. The number of carboxylic acids is 1. The van der Waals surface area contributed by atoms with E-state index in [0.29, 0.717) is 13.2 Å². The molecule has 2 amide bonds. The van der Waals surface area contributed by atoms with Gasteiger partial charge in [-0.2, -0.15) is 0 Å². The average Bonchev–Trinajstić information content (AvgIpc) is 2.85. The van der Waals surface area contributed by atoms with Crippen LogP contribution in [0.2, 0.25) is 0 Å². The number of hydrogen-bond acceptors (Lipinski definition) is 5. The van der Waals surface area contributed by atoms with Gasteiger partial charge in [0.15, 0.2) is 0 Å². The molecular weight excluding hydrogens is 280 g/mol. The first-order valence-electron chi connectivity index (χ1n) is 6.66. The van der Waals surface area contributed by atoms with Crippen molar-refractivity contribution in [2.45, 2.75) is 38.8 Å². The molecule has 0 bridgehead atoms. The van der Waals surface area contributed by atoms with Crippen LogP contribution in [-0.4, -0.2) is 71.4 Å². The SMILES string of the molecule is CN(C(=O)OC(C)(C)C)C(CC(=O)O)C(=O)N1CCOC1. The summed E-state index contributed by atoms with van der Waals surface area (Å²) in [5, 5.41) is 8.96. The number of nitrogens with zero attached hydrogens (tertiary/aromatic N) is 2. The quantitative estimate of drug-likeness (QED) is 0.813. The van der Waals surface area contributed by atoms with Gasteiger partial charge in [-0.25, -0.2) is 4.79 Å². The molecule has 1 heterocycles. The Morgan fingerprint density at radius 3 is 2.43 bits per heavy atom. The third-order valence-corrected chi connectivity index (χ3v) is 2.87. The van der Waals surface area contributed by atoms with E-state index in [4.69, 9.17) is 14.6 Å². The van der Waals surface area contributed by atoms with Gasteiger partial charge in [0, 0.05) is 13.6 Å². The molecule has 1 fully saturated rings. The minimum Gasteiger partial charge on any atom is -0.481 e. The fraction of sp³-hybridized carbons (Fsp3) is 0.769. The monoisotopic (exact) mass is 302 g/mol. The van der Waals surface area contributed by atoms with Crippen molar-refractivity contribution in [3.8, 4) is 0 Å². The molecule has 0 radical (unpaired) electrons. The van der Waals surface area contributed by atoms with Crippen LogP contribution < -0.4 is 0 Å². The first-order valence-corrected chi connectivity index (χ1v) is 6.66. The summed E-state index contributed by atoms with van der Waals surface area (Å²) in [5.41, 5.74) is -0.723. The van der Waals surface area contributed by atoms with Gasteiger partial charge in [0.2, 0.25) is 5.91 Å². The maximum absolute atomic E-state index is 12.3. The van der Waals surface area contributed by atoms with Crippen molar-refractivity contribution in [1.82, 2.24) is 9.80 Å². The van der Waals surface area contributed by atoms with Crippen molar-refractivity contribution in [3.05, 3.63) is 0 Å². The molecule has 1 atom stereocenters. The number of carboxylic acid groups (broad SMARTS) is 1. The molecule has 0 aromatic heterocycles. The second-order valence-electron chi connectivity index (χ2n) is 5.84. The molecule has 120 valence electrons. The largest absolute Gasteiger partial charge is 0.481 e. The van der Waals surface area contributed by atoms with E-state index < -0.39 is 36.0 Å². The Bertz CT molecular complexity index is 411. The molecular formula is C13H22N2O6. The molecule has 0 aromatic carbocycles. The van der Waals surface area contributed by atoms with Crippen molar-refractivity contribution in [2.24, 2.45) is 0 Å². The van der Waals surface area contributed by atoms with E-state index >= 15 is 0 Å². The molecule has 1 saturated heterocycles. The molecule has 1 unspecified atom stereocenters. The van der Waals surface area contributed by atoms with Crippen LogP contribution in [-0.2, 0) is 19.1 Å². The van der Waals surface area contributed by atoms with Crippen LogP contribution in [0.25, 0.3) is 0 Å². The van der Waals surface area contributed by atoms with Crippen LogP contribution in [0.1, 0.15) is 27.2 Å². The lowest BCUT2D eigenvalue weighted by Crippen LogP contribution is -2.50. The number of hydrogen-bond donors (Lipinski definition) is 1. The number of aliphatic carboxylic acids is 1. The van der Waals surface area contributed by atoms with Crippen LogP contribution in [0.4, 0.5) is 4.79 Å². The highest BCUT2D eigenvalue weighted by Crippen LogP contribution is 2.15. The molecule has 0 saturated carbocycles. The molecule has 8 heteroatoms. The fourth-order valence-electron chi connectivity index (χ4n) is 1.82. The summed E-state index contributed by atoms with van der Waals surface area (Å²) in [6.45, 7) is 5.99. The van der Waals surface area contributed by atoms with Gasteiger partial charge >= 0.3 is 12.1 Å². The molecule has 1 N–H and O–H groups in total. The molecule has 0 aromatic rings. The second kappa shape index (κ2) is 6.75. The highest BCUT2D eigenvalue weighted by molar-refractivity contribution is 5.89. The number of carbonyl (C=O) groups is 3. The number of carbonyl (C=O) groups excluding carboxylic acids is 2. The van der Waals surface area contributed by atoms with Gasteiger partial charge in [0.1, 0.15) is 18.4 Å². The summed E-state index contributed by atoms with van der Waals surface area (Å²) in [7, 11) is 1.36. The van der Waals surface area contributed by atoms with Gasteiger partial charge in [-0.1, -0.05) is 0 Å². The van der Waals surface area contributed by atoms with Crippen molar-refractivity contribution in [1.29, 1.82) is 0 Å². The number of rotatable bonds is 4. The smallest absolute Gasteiger partial charge is 0.410 e. The molecule has 1 rings (SSSR count). The molecule has 1 aliphatic heterocycles. The Kier molecular flexibility index (Phi) is 5.54. The fourth-order valence-corrected chi connectivity index (χ4v) is 1.82. The summed E-state index contributed by atoms with van der Waals surface area (Å²) in [6, 6.07) is -1.11. The minimum absolute atomic E-state index is 0.108. The first-order chi connectivity index (χ1) is 9.61. The molecule has 0 aliphatic carbocycles. The van der Waals surface area contributed by atoms with Crippen LogP contribution in [0, 0.1) is 0 Å². The minimum atomic E-state index is -1.16. The zero-order chi connectivity index (χ0) is 16.2. The third kappa shape index (κ3) is 5.22. The van der Waals surface area contributed by atoms with E-state index in [1.165, 1.54) is 11.9 Å². The highest BCUT2D eigenvalue weighted by atomic mass is 16.6. The van der Waals surface area contributed by atoms with Gasteiger partial charge in [-0.3, -0.25) is 14.5 Å². The first kappa shape index (κ1) is 17.2. The van der Waals surface area contributed by atoms with Crippen molar-refractivity contribution in [3.63, 3.8) is 0 Å². The van der Waals surface area contributed by atoms with Crippen LogP contribution in [0.5, 0.6) is 0 Å².